The lowest BCUT2D eigenvalue weighted by atomic mass is 10.5. The third-order valence-corrected chi connectivity index (χ3v) is 2.43. The lowest BCUT2D eigenvalue weighted by Gasteiger charge is -2.12. The molecule has 0 fully saturated rings. The fourth-order valence-electron chi connectivity index (χ4n) is 1.46. The summed E-state index contributed by atoms with van der Waals surface area (Å²) < 4.78 is 7.25. The molecule has 0 aliphatic rings. The van der Waals surface area contributed by atoms with Gasteiger partial charge in [0.25, 0.3) is 0 Å². The van der Waals surface area contributed by atoms with E-state index in [4.69, 9.17) is 4.74 Å². The molecule has 0 radical (unpaired) electrons. The summed E-state index contributed by atoms with van der Waals surface area (Å²) >= 11 is 0. The van der Waals surface area contributed by atoms with Crippen LogP contribution >= 0.6 is 0 Å². The Hall–Kier alpha value is -2.38. The summed E-state index contributed by atoms with van der Waals surface area (Å²) in [5, 5.41) is 7.17. The third-order valence-electron chi connectivity index (χ3n) is 2.43. The molecule has 8 nitrogen and oxygen atoms in total. The Labute approximate surface area is 117 Å². The predicted octanol–water partition coefficient (Wildman–Crippen LogP) is 1.29. The molecule has 0 spiro atoms. The number of hydrogen-bond donors (Lipinski definition) is 1. The summed E-state index contributed by atoms with van der Waals surface area (Å²) in [5.74, 6) is 1.63. The quantitative estimate of drug-likeness (QED) is 0.851. The molecule has 0 aliphatic heterocycles. The predicted molar refractivity (Wildman–Crippen MR) is 76.2 cm³/mol. The lowest BCUT2D eigenvalue weighted by Crippen LogP contribution is -2.16. The Balaban J connectivity index is 2.23. The molecule has 1 N–H and O–H groups in total. The molecule has 0 amide bonds. The molecule has 0 saturated heterocycles. The first-order valence-corrected chi connectivity index (χ1v) is 6.42. The number of nitrogens with zero attached hydrogens (tertiary/aromatic N) is 6. The number of hydrogen-bond acceptors (Lipinski definition) is 7. The second-order valence-electron chi connectivity index (χ2n) is 4.51. The van der Waals surface area contributed by atoms with E-state index in [2.05, 4.69) is 32.3 Å². The van der Waals surface area contributed by atoms with Gasteiger partial charge < -0.3 is 15.0 Å². The molecule has 0 aromatic carbocycles. The van der Waals surface area contributed by atoms with Crippen molar-refractivity contribution in [2.75, 3.05) is 30.9 Å². The zero-order valence-electron chi connectivity index (χ0n) is 12.2. The van der Waals surface area contributed by atoms with Gasteiger partial charge in [0.1, 0.15) is 0 Å². The molecule has 0 aliphatic carbocycles. The maximum atomic E-state index is 5.60. The van der Waals surface area contributed by atoms with Crippen molar-refractivity contribution in [2.24, 2.45) is 7.05 Å². The van der Waals surface area contributed by atoms with Crippen LogP contribution in [0, 0.1) is 0 Å². The standard InChI is InChI=1S/C12H19N7O/c1-5-6-13-10-15-11(18(2)3)17-12(16-10)20-9-7-14-19(4)8-9/h7-8H,5-6H2,1-4H3,(H,13,15,16,17). The van der Waals surface area contributed by atoms with Crippen LogP contribution in [-0.4, -0.2) is 45.4 Å². The largest absolute Gasteiger partial charge is 0.421 e. The minimum atomic E-state index is 0.246. The first-order chi connectivity index (χ1) is 9.58. The van der Waals surface area contributed by atoms with Gasteiger partial charge in [-0.25, -0.2) is 0 Å². The van der Waals surface area contributed by atoms with Gasteiger partial charge in [-0.2, -0.15) is 20.1 Å². The van der Waals surface area contributed by atoms with Gasteiger partial charge in [-0.3, -0.25) is 4.68 Å². The zero-order valence-corrected chi connectivity index (χ0v) is 12.2. The molecule has 8 heteroatoms. The normalized spacial score (nSPS) is 10.4. The van der Waals surface area contributed by atoms with Crippen molar-refractivity contribution >= 4 is 11.9 Å². The fraction of sp³-hybridized carbons (Fsp3) is 0.500. The highest BCUT2D eigenvalue weighted by atomic mass is 16.5. The van der Waals surface area contributed by atoms with E-state index >= 15 is 0 Å². The van der Waals surface area contributed by atoms with E-state index < -0.39 is 0 Å². The molecule has 0 saturated carbocycles. The Morgan fingerprint density at radius 2 is 2.10 bits per heavy atom. The third kappa shape index (κ3) is 3.56. The molecule has 2 aromatic heterocycles. The van der Waals surface area contributed by atoms with Crippen LogP contribution in [0.4, 0.5) is 11.9 Å². The number of ether oxygens (including phenoxy) is 1. The van der Waals surface area contributed by atoms with Crippen LogP contribution in [0.5, 0.6) is 11.8 Å². The van der Waals surface area contributed by atoms with Gasteiger partial charge in [0, 0.05) is 27.7 Å². The Morgan fingerprint density at radius 1 is 1.30 bits per heavy atom. The summed E-state index contributed by atoms with van der Waals surface area (Å²) in [6.45, 7) is 2.87. The molecular formula is C12H19N7O. The molecule has 0 bridgehead atoms. The molecule has 0 atom stereocenters. The van der Waals surface area contributed by atoms with Crippen LogP contribution in [0.25, 0.3) is 0 Å². The molecular weight excluding hydrogens is 258 g/mol. The van der Waals surface area contributed by atoms with Crippen LogP contribution in [0.3, 0.4) is 0 Å². The van der Waals surface area contributed by atoms with Crippen LogP contribution in [-0.2, 0) is 7.05 Å². The van der Waals surface area contributed by atoms with Gasteiger partial charge in [-0.15, -0.1) is 0 Å². The second-order valence-corrected chi connectivity index (χ2v) is 4.51. The van der Waals surface area contributed by atoms with E-state index in [-0.39, 0.29) is 6.01 Å². The minimum Gasteiger partial charge on any atom is -0.421 e. The van der Waals surface area contributed by atoms with Crippen molar-refractivity contribution in [1.29, 1.82) is 0 Å². The lowest BCUT2D eigenvalue weighted by molar-refractivity contribution is 0.440. The fourth-order valence-corrected chi connectivity index (χ4v) is 1.46. The van der Waals surface area contributed by atoms with Crippen LogP contribution < -0.4 is 15.0 Å². The average molecular weight is 277 g/mol. The van der Waals surface area contributed by atoms with Gasteiger partial charge in [0.2, 0.25) is 11.9 Å². The zero-order chi connectivity index (χ0) is 14.5. The number of anilines is 2. The van der Waals surface area contributed by atoms with Crippen molar-refractivity contribution in [3.05, 3.63) is 12.4 Å². The number of rotatable bonds is 6. The first-order valence-electron chi connectivity index (χ1n) is 6.42. The van der Waals surface area contributed by atoms with E-state index in [9.17, 15) is 0 Å². The first kappa shape index (κ1) is 14.0. The highest BCUT2D eigenvalue weighted by Gasteiger charge is 2.10. The minimum absolute atomic E-state index is 0.246. The van der Waals surface area contributed by atoms with Gasteiger partial charge in [-0.1, -0.05) is 6.92 Å². The van der Waals surface area contributed by atoms with Crippen molar-refractivity contribution in [3.8, 4) is 11.8 Å². The van der Waals surface area contributed by atoms with Crippen LogP contribution in [0.1, 0.15) is 13.3 Å². The maximum absolute atomic E-state index is 5.60. The van der Waals surface area contributed by atoms with Crippen molar-refractivity contribution < 1.29 is 4.74 Å². The number of aromatic nitrogens is 5. The molecule has 2 heterocycles. The summed E-state index contributed by atoms with van der Waals surface area (Å²) in [6, 6.07) is 0.246. The summed E-state index contributed by atoms with van der Waals surface area (Å²) in [6.07, 6.45) is 4.35. The molecule has 108 valence electrons. The highest BCUT2D eigenvalue weighted by Crippen LogP contribution is 2.19. The van der Waals surface area contributed by atoms with E-state index in [1.807, 2.05) is 21.1 Å². The van der Waals surface area contributed by atoms with Gasteiger partial charge in [-0.05, 0) is 6.42 Å². The van der Waals surface area contributed by atoms with E-state index in [0.29, 0.717) is 17.6 Å². The van der Waals surface area contributed by atoms with Crippen LogP contribution in [0.2, 0.25) is 0 Å². The Kier molecular flexibility index (Phi) is 4.34. The molecule has 2 rings (SSSR count). The number of aryl methyl sites for hydroxylation is 1. The topological polar surface area (TPSA) is 81.0 Å². The summed E-state index contributed by atoms with van der Waals surface area (Å²) in [5.41, 5.74) is 0. The monoisotopic (exact) mass is 277 g/mol. The molecule has 20 heavy (non-hydrogen) atoms. The smallest absolute Gasteiger partial charge is 0.328 e. The van der Waals surface area contributed by atoms with Crippen molar-refractivity contribution in [3.63, 3.8) is 0 Å². The Bertz CT molecular complexity index is 567. The number of nitrogens with one attached hydrogen (secondary N) is 1. The highest BCUT2D eigenvalue weighted by molar-refractivity contribution is 5.37. The van der Waals surface area contributed by atoms with Crippen molar-refractivity contribution in [2.45, 2.75) is 13.3 Å². The van der Waals surface area contributed by atoms with E-state index in [0.717, 1.165) is 13.0 Å². The van der Waals surface area contributed by atoms with Crippen molar-refractivity contribution in [1.82, 2.24) is 24.7 Å². The van der Waals surface area contributed by atoms with Gasteiger partial charge in [0.15, 0.2) is 5.75 Å². The second kappa shape index (κ2) is 6.18. The van der Waals surface area contributed by atoms with Crippen LogP contribution in [0.15, 0.2) is 12.4 Å². The summed E-state index contributed by atoms with van der Waals surface area (Å²) in [7, 11) is 5.55. The van der Waals surface area contributed by atoms with Gasteiger partial charge in [0.05, 0.1) is 12.4 Å². The molecule has 0 unspecified atom stereocenters. The summed E-state index contributed by atoms with van der Waals surface area (Å²) in [4.78, 5) is 14.6. The molecule has 2 aromatic rings. The van der Waals surface area contributed by atoms with E-state index in [1.165, 1.54) is 0 Å². The maximum Gasteiger partial charge on any atom is 0.328 e. The Morgan fingerprint density at radius 3 is 2.70 bits per heavy atom. The SMILES string of the molecule is CCCNc1nc(Oc2cnn(C)c2)nc(N(C)C)n1. The van der Waals surface area contributed by atoms with E-state index in [1.54, 1.807) is 22.0 Å². The van der Waals surface area contributed by atoms with Gasteiger partial charge >= 0.3 is 6.01 Å². The average Bonchev–Trinajstić information content (AvgIpc) is 2.81.